The Morgan fingerprint density at radius 3 is 2.53 bits per heavy atom. The van der Waals surface area contributed by atoms with Crippen molar-refractivity contribution in [1.29, 1.82) is 0 Å². The monoisotopic (exact) mass is 239 g/mol. The zero-order valence-electron chi connectivity index (χ0n) is 11.7. The number of hydrogen-bond acceptors (Lipinski definition) is 2. The highest BCUT2D eigenvalue weighted by Crippen LogP contribution is 2.24. The summed E-state index contributed by atoms with van der Waals surface area (Å²) in [4.78, 5) is 12.3. The molecule has 0 amide bonds. The van der Waals surface area contributed by atoms with E-state index in [1.54, 1.807) is 11.0 Å². The fourth-order valence-corrected chi connectivity index (χ4v) is 2.17. The fourth-order valence-electron chi connectivity index (χ4n) is 2.17. The Balaban J connectivity index is 3.15. The molecule has 0 saturated heterocycles. The van der Waals surface area contributed by atoms with Crippen LogP contribution in [0.1, 0.15) is 66.3 Å². The minimum Gasteiger partial charge on any atom is -0.276 e. The van der Waals surface area contributed by atoms with E-state index in [2.05, 4.69) is 32.8 Å². The number of nitrogens with zero attached hydrogens (tertiary/aromatic N) is 3. The van der Waals surface area contributed by atoms with Gasteiger partial charge in [0.25, 0.3) is 0 Å². The first-order valence-electron chi connectivity index (χ1n) is 6.66. The minimum absolute atomic E-state index is 0.0251. The smallest absolute Gasteiger partial charge is 0.276 e. The molecule has 0 fully saturated rings. The molecule has 0 aliphatic carbocycles. The second kappa shape index (κ2) is 5.52. The lowest BCUT2D eigenvalue weighted by Gasteiger charge is -2.28. The summed E-state index contributed by atoms with van der Waals surface area (Å²) >= 11 is 0. The van der Waals surface area contributed by atoms with E-state index in [-0.39, 0.29) is 17.3 Å². The highest BCUT2D eigenvalue weighted by Gasteiger charge is 2.26. The third-order valence-electron chi connectivity index (χ3n) is 3.83. The third-order valence-corrected chi connectivity index (χ3v) is 3.83. The summed E-state index contributed by atoms with van der Waals surface area (Å²) in [6.45, 7) is 10.5. The predicted octanol–water partition coefficient (Wildman–Crippen LogP) is 2.94. The molecule has 1 heterocycles. The van der Waals surface area contributed by atoms with Gasteiger partial charge in [0.2, 0.25) is 0 Å². The van der Waals surface area contributed by atoms with E-state index in [0.29, 0.717) is 0 Å². The van der Waals surface area contributed by atoms with Crippen LogP contribution in [0.5, 0.6) is 0 Å². The molecule has 2 atom stereocenters. The Bertz CT molecular complexity index is 407. The molecule has 0 aliphatic rings. The van der Waals surface area contributed by atoms with Crippen molar-refractivity contribution >= 4 is 0 Å². The summed E-state index contributed by atoms with van der Waals surface area (Å²) < 4.78 is 3.41. The zero-order valence-corrected chi connectivity index (χ0v) is 11.7. The molecular formula is C13H25N3O. The minimum atomic E-state index is -0.0997. The van der Waals surface area contributed by atoms with E-state index >= 15 is 0 Å². The first kappa shape index (κ1) is 14.0. The standard InChI is InChI=1S/C13H25N3O/c1-6-9-13(5,8-3)15-10-14-16(12(15)17)11(4)7-2/h10-11H,6-9H2,1-5H3/t11-,13?/m1/s1. The van der Waals surface area contributed by atoms with Gasteiger partial charge in [0.1, 0.15) is 6.33 Å². The van der Waals surface area contributed by atoms with Gasteiger partial charge in [-0.3, -0.25) is 4.57 Å². The first-order chi connectivity index (χ1) is 8.00. The summed E-state index contributed by atoms with van der Waals surface area (Å²) in [7, 11) is 0. The Morgan fingerprint density at radius 2 is 2.06 bits per heavy atom. The van der Waals surface area contributed by atoms with Crippen LogP contribution >= 0.6 is 0 Å². The molecule has 17 heavy (non-hydrogen) atoms. The van der Waals surface area contributed by atoms with E-state index < -0.39 is 0 Å². The molecule has 0 radical (unpaired) electrons. The van der Waals surface area contributed by atoms with Gasteiger partial charge in [-0.15, -0.1) is 0 Å². The maximum atomic E-state index is 12.3. The average molecular weight is 239 g/mol. The van der Waals surface area contributed by atoms with Crippen molar-refractivity contribution in [3.05, 3.63) is 16.8 Å². The Kier molecular flexibility index (Phi) is 4.54. The largest absolute Gasteiger partial charge is 0.346 e. The molecule has 0 bridgehead atoms. The molecule has 0 aromatic carbocycles. The third kappa shape index (κ3) is 2.61. The van der Waals surface area contributed by atoms with Crippen molar-refractivity contribution < 1.29 is 0 Å². The van der Waals surface area contributed by atoms with Gasteiger partial charge in [0.15, 0.2) is 0 Å². The van der Waals surface area contributed by atoms with Gasteiger partial charge >= 0.3 is 5.69 Å². The van der Waals surface area contributed by atoms with Crippen LogP contribution in [0.3, 0.4) is 0 Å². The average Bonchev–Trinajstić information content (AvgIpc) is 2.71. The van der Waals surface area contributed by atoms with E-state index in [4.69, 9.17) is 0 Å². The van der Waals surface area contributed by atoms with Crippen molar-refractivity contribution in [1.82, 2.24) is 14.3 Å². The maximum Gasteiger partial charge on any atom is 0.346 e. The summed E-state index contributed by atoms with van der Waals surface area (Å²) in [5.41, 5.74) is -0.0745. The first-order valence-corrected chi connectivity index (χ1v) is 6.66. The molecule has 98 valence electrons. The maximum absolute atomic E-state index is 12.3. The van der Waals surface area contributed by atoms with Crippen LogP contribution in [0.4, 0.5) is 0 Å². The van der Waals surface area contributed by atoms with Crippen molar-refractivity contribution in [2.24, 2.45) is 0 Å². The van der Waals surface area contributed by atoms with Crippen molar-refractivity contribution in [3.63, 3.8) is 0 Å². The highest BCUT2D eigenvalue weighted by atomic mass is 16.2. The molecule has 4 heteroatoms. The van der Waals surface area contributed by atoms with Crippen LogP contribution in [0, 0.1) is 0 Å². The number of rotatable bonds is 6. The Hall–Kier alpha value is -1.06. The molecule has 0 spiro atoms. The molecule has 0 saturated carbocycles. The van der Waals surface area contributed by atoms with E-state index in [9.17, 15) is 4.79 Å². The van der Waals surface area contributed by atoms with Gasteiger partial charge in [-0.1, -0.05) is 27.2 Å². The Morgan fingerprint density at radius 1 is 1.41 bits per heavy atom. The van der Waals surface area contributed by atoms with Crippen molar-refractivity contribution in [2.75, 3.05) is 0 Å². The second-order valence-electron chi connectivity index (χ2n) is 5.09. The molecule has 1 aromatic heterocycles. The molecular weight excluding hydrogens is 214 g/mol. The van der Waals surface area contributed by atoms with Gasteiger partial charge < -0.3 is 0 Å². The van der Waals surface area contributed by atoms with Gasteiger partial charge in [0.05, 0.1) is 6.04 Å². The lowest BCUT2D eigenvalue weighted by Crippen LogP contribution is -2.39. The van der Waals surface area contributed by atoms with Crippen LogP contribution in [-0.2, 0) is 5.54 Å². The number of hydrogen-bond donors (Lipinski definition) is 0. The van der Waals surface area contributed by atoms with Crippen molar-refractivity contribution in [3.8, 4) is 0 Å². The fraction of sp³-hybridized carbons (Fsp3) is 0.846. The molecule has 1 rings (SSSR count). The summed E-state index contributed by atoms with van der Waals surface area (Å²) in [5.74, 6) is 0. The van der Waals surface area contributed by atoms with E-state index in [1.165, 1.54) is 0 Å². The quantitative estimate of drug-likeness (QED) is 0.765. The van der Waals surface area contributed by atoms with Crippen LogP contribution in [0.15, 0.2) is 11.1 Å². The van der Waals surface area contributed by atoms with Crippen LogP contribution in [0.25, 0.3) is 0 Å². The SMILES string of the molecule is CCCC(C)(CC)n1cnn([C@H](C)CC)c1=O. The van der Waals surface area contributed by atoms with Gasteiger partial charge in [-0.25, -0.2) is 9.48 Å². The highest BCUT2D eigenvalue weighted by molar-refractivity contribution is 4.86. The summed E-state index contributed by atoms with van der Waals surface area (Å²) in [5, 5.41) is 4.25. The molecule has 4 nitrogen and oxygen atoms in total. The molecule has 1 unspecified atom stereocenters. The summed E-state index contributed by atoms with van der Waals surface area (Å²) in [6, 6.07) is 0.173. The van der Waals surface area contributed by atoms with Gasteiger partial charge in [0, 0.05) is 5.54 Å². The normalized spacial score (nSPS) is 16.8. The number of aromatic nitrogens is 3. The molecule has 0 N–H and O–H groups in total. The Labute approximate surface area is 104 Å². The predicted molar refractivity (Wildman–Crippen MR) is 70.3 cm³/mol. The van der Waals surface area contributed by atoms with E-state index in [1.807, 2.05) is 11.5 Å². The molecule has 1 aromatic rings. The van der Waals surface area contributed by atoms with Crippen LogP contribution in [0.2, 0.25) is 0 Å². The lowest BCUT2D eigenvalue weighted by molar-refractivity contribution is 0.266. The van der Waals surface area contributed by atoms with Crippen LogP contribution < -0.4 is 5.69 Å². The van der Waals surface area contributed by atoms with Crippen LogP contribution in [-0.4, -0.2) is 14.3 Å². The van der Waals surface area contributed by atoms with Crippen molar-refractivity contribution in [2.45, 2.75) is 71.9 Å². The second-order valence-corrected chi connectivity index (χ2v) is 5.09. The van der Waals surface area contributed by atoms with Gasteiger partial charge in [-0.05, 0) is 33.1 Å². The topological polar surface area (TPSA) is 39.8 Å². The summed E-state index contributed by atoms with van der Waals surface area (Å²) in [6.07, 6.45) is 5.66. The molecule has 0 aliphatic heterocycles. The van der Waals surface area contributed by atoms with Gasteiger partial charge in [-0.2, -0.15) is 5.10 Å². The van der Waals surface area contributed by atoms with E-state index in [0.717, 1.165) is 25.7 Å². The zero-order chi connectivity index (χ0) is 13.1. The lowest BCUT2D eigenvalue weighted by atomic mass is 9.93.